The fourth-order valence-electron chi connectivity index (χ4n) is 4.71. The summed E-state index contributed by atoms with van der Waals surface area (Å²) in [7, 11) is 3.40. The van der Waals surface area contributed by atoms with Gasteiger partial charge in [0.15, 0.2) is 0 Å². The summed E-state index contributed by atoms with van der Waals surface area (Å²) in [6.07, 6.45) is 6.95. The highest BCUT2D eigenvalue weighted by molar-refractivity contribution is 5.88. The summed E-state index contributed by atoms with van der Waals surface area (Å²) in [4.78, 5) is 12.7. The standard InChI is InChI=1S/C30H43NO4/c1-9-11-12-13-14-24(30(32)35-10-2)19-31-27(25-15-20(3)28(33-7)21(4)16-25)26-17-22(5)29(34-8)23(6)18-26/h15-19,27,31H,9-14H2,1-8H3/b24-19+. The van der Waals surface area contributed by atoms with Crippen LogP contribution >= 0.6 is 0 Å². The van der Waals surface area contributed by atoms with Crippen molar-refractivity contribution < 1.29 is 19.0 Å². The lowest BCUT2D eigenvalue weighted by atomic mass is 9.92. The highest BCUT2D eigenvalue weighted by Gasteiger charge is 2.20. The molecule has 2 rings (SSSR count). The molecule has 0 heterocycles. The molecule has 0 fully saturated rings. The van der Waals surface area contributed by atoms with Crippen LogP contribution in [0.3, 0.4) is 0 Å². The Morgan fingerprint density at radius 3 is 1.71 bits per heavy atom. The van der Waals surface area contributed by atoms with Crippen molar-refractivity contribution in [1.82, 2.24) is 5.32 Å². The van der Waals surface area contributed by atoms with Gasteiger partial charge in [0, 0.05) is 6.20 Å². The molecule has 0 aliphatic rings. The number of esters is 1. The van der Waals surface area contributed by atoms with Crippen LogP contribution in [0.2, 0.25) is 0 Å². The first-order valence-corrected chi connectivity index (χ1v) is 12.7. The van der Waals surface area contributed by atoms with Crippen LogP contribution in [0.1, 0.15) is 85.4 Å². The number of benzene rings is 2. The molecule has 0 bridgehead atoms. The number of unbranched alkanes of at least 4 members (excludes halogenated alkanes) is 3. The van der Waals surface area contributed by atoms with E-state index in [1.807, 2.05) is 13.1 Å². The number of nitrogens with one attached hydrogen (secondary N) is 1. The molecule has 0 spiro atoms. The van der Waals surface area contributed by atoms with Crippen molar-refractivity contribution in [1.29, 1.82) is 0 Å². The molecule has 0 unspecified atom stereocenters. The van der Waals surface area contributed by atoms with E-state index in [9.17, 15) is 4.79 Å². The third-order valence-electron chi connectivity index (χ3n) is 6.30. The molecular weight excluding hydrogens is 438 g/mol. The Labute approximate surface area is 211 Å². The Bertz CT molecular complexity index is 920. The molecule has 192 valence electrons. The van der Waals surface area contributed by atoms with Crippen molar-refractivity contribution in [2.24, 2.45) is 0 Å². The van der Waals surface area contributed by atoms with Crippen molar-refractivity contribution in [3.8, 4) is 11.5 Å². The second-order valence-electron chi connectivity index (χ2n) is 9.18. The van der Waals surface area contributed by atoms with E-state index < -0.39 is 0 Å². The average molecular weight is 482 g/mol. The molecule has 2 aromatic carbocycles. The average Bonchev–Trinajstić information content (AvgIpc) is 2.80. The quantitative estimate of drug-likeness (QED) is 0.189. The second-order valence-corrected chi connectivity index (χ2v) is 9.18. The predicted octanol–water partition coefficient (Wildman–Crippen LogP) is 7.03. The van der Waals surface area contributed by atoms with Gasteiger partial charge in [-0.15, -0.1) is 0 Å². The molecule has 0 atom stereocenters. The zero-order valence-corrected chi connectivity index (χ0v) is 22.8. The first-order chi connectivity index (χ1) is 16.8. The van der Waals surface area contributed by atoms with Gasteiger partial charge in [-0.2, -0.15) is 0 Å². The van der Waals surface area contributed by atoms with Gasteiger partial charge in [0.2, 0.25) is 0 Å². The van der Waals surface area contributed by atoms with Gasteiger partial charge < -0.3 is 19.5 Å². The normalized spacial score (nSPS) is 11.5. The molecule has 35 heavy (non-hydrogen) atoms. The Kier molecular flexibility index (Phi) is 11.2. The van der Waals surface area contributed by atoms with Crippen LogP contribution in [-0.4, -0.2) is 26.8 Å². The van der Waals surface area contributed by atoms with Crippen molar-refractivity contribution in [3.05, 3.63) is 69.4 Å². The van der Waals surface area contributed by atoms with Crippen molar-refractivity contribution >= 4 is 5.97 Å². The maximum Gasteiger partial charge on any atom is 0.335 e. The van der Waals surface area contributed by atoms with Crippen LogP contribution in [0, 0.1) is 27.7 Å². The third-order valence-corrected chi connectivity index (χ3v) is 6.30. The van der Waals surface area contributed by atoms with E-state index in [1.54, 1.807) is 14.2 Å². The molecule has 0 amide bonds. The number of methoxy groups -OCH3 is 2. The SMILES string of the molecule is CCCCCC/C(=C\NC(c1cc(C)c(OC)c(C)c1)c1cc(C)c(OC)c(C)c1)C(=O)OCC. The van der Waals surface area contributed by atoms with Gasteiger partial charge in [-0.25, -0.2) is 4.79 Å². The summed E-state index contributed by atoms with van der Waals surface area (Å²) in [6.45, 7) is 12.6. The van der Waals surface area contributed by atoms with E-state index >= 15 is 0 Å². The Hall–Kier alpha value is -2.95. The summed E-state index contributed by atoms with van der Waals surface area (Å²) < 4.78 is 16.6. The number of carbonyl (C=O) groups excluding carboxylic acids is 1. The first-order valence-electron chi connectivity index (χ1n) is 12.7. The van der Waals surface area contributed by atoms with Gasteiger partial charge in [0.05, 0.1) is 32.4 Å². The van der Waals surface area contributed by atoms with Crippen LogP contribution in [0.5, 0.6) is 11.5 Å². The van der Waals surface area contributed by atoms with Gasteiger partial charge in [0.1, 0.15) is 11.5 Å². The highest BCUT2D eigenvalue weighted by Crippen LogP contribution is 2.33. The van der Waals surface area contributed by atoms with Crippen LogP contribution in [0.4, 0.5) is 0 Å². The number of rotatable bonds is 13. The number of ether oxygens (including phenoxy) is 3. The van der Waals surface area contributed by atoms with Gasteiger partial charge in [-0.3, -0.25) is 0 Å². The summed E-state index contributed by atoms with van der Waals surface area (Å²) in [5.41, 5.74) is 7.19. The van der Waals surface area contributed by atoms with Gasteiger partial charge in [-0.1, -0.05) is 26.2 Å². The predicted molar refractivity (Wildman–Crippen MR) is 143 cm³/mol. The van der Waals surface area contributed by atoms with E-state index in [4.69, 9.17) is 14.2 Å². The molecule has 0 aliphatic heterocycles. The lowest BCUT2D eigenvalue weighted by Crippen LogP contribution is -2.20. The zero-order valence-electron chi connectivity index (χ0n) is 22.8. The number of hydrogen-bond acceptors (Lipinski definition) is 5. The molecule has 0 saturated heterocycles. The highest BCUT2D eigenvalue weighted by atomic mass is 16.5. The van der Waals surface area contributed by atoms with Crippen LogP contribution in [0.25, 0.3) is 0 Å². The topological polar surface area (TPSA) is 56.8 Å². The molecule has 2 aromatic rings. The van der Waals surface area contributed by atoms with Crippen molar-refractivity contribution in [2.75, 3.05) is 20.8 Å². The van der Waals surface area contributed by atoms with Crippen molar-refractivity contribution in [2.45, 2.75) is 79.7 Å². The number of aryl methyl sites for hydroxylation is 4. The number of carbonyl (C=O) groups is 1. The van der Waals surface area contributed by atoms with Gasteiger partial charge >= 0.3 is 5.97 Å². The molecule has 0 radical (unpaired) electrons. The maximum atomic E-state index is 12.7. The van der Waals surface area contributed by atoms with Gasteiger partial charge in [0.25, 0.3) is 0 Å². The van der Waals surface area contributed by atoms with E-state index in [0.29, 0.717) is 18.6 Å². The largest absolute Gasteiger partial charge is 0.496 e. The van der Waals surface area contributed by atoms with Crippen LogP contribution in [0.15, 0.2) is 36.0 Å². The minimum Gasteiger partial charge on any atom is -0.496 e. The van der Waals surface area contributed by atoms with Crippen molar-refractivity contribution in [3.63, 3.8) is 0 Å². The zero-order chi connectivity index (χ0) is 26.0. The van der Waals surface area contributed by atoms with E-state index in [2.05, 4.69) is 64.2 Å². The summed E-state index contributed by atoms with van der Waals surface area (Å²) in [5, 5.41) is 3.57. The summed E-state index contributed by atoms with van der Waals surface area (Å²) in [5.74, 6) is 1.54. The van der Waals surface area contributed by atoms with E-state index in [1.165, 1.54) is 6.42 Å². The summed E-state index contributed by atoms with van der Waals surface area (Å²) in [6, 6.07) is 8.45. The molecule has 0 aliphatic carbocycles. The molecule has 5 heteroatoms. The molecule has 1 N–H and O–H groups in total. The Balaban J connectivity index is 2.53. The monoisotopic (exact) mass is 481 g/mol. The van der Waals surface area contributed by atoms with Crippen LogP contribution in [-0.2, 0) is 9.53 Å². The minimum atomic E-state index is -0.251. The van der Waals surface area contributed by atoms with E-state index in [0.717, 1.165) is 64.1 Å². The lowest BCUT2D eigenvalue weighted by molar-refractivity contribution is -0.138. The Morgan fingerprint density at radius 2 is 1.31 bits per heavy atom. The van der Waals surface area contributed by atoms with E-state index in [-0.39, 0.29) is 12.0 Å². The molecule has 0 aromatic heterocycles. The second kappa shape index (κ2) is 13.8. The molecule has 5 nitrogen and oxygen atoms in total. The van der Waals surface area contributed by atoms with Crippen LogP contribution < -0.4 is 14.8 Å². The fourth-order valence-corrected chi connectivity index (χ4v) is 4.71. The number of hydrogen-bond donors (Lipinski definition) is 1. The first kappa shape index (κ1) is 28.3. The lowest BCUT2D eigenvalue weighted by Gasteiger charge is -2.23. The summed E-state index contributed by atoms with van der Waals surface area (Å²) >= 11 is 0. The minimum absolute atomic E-state index is 0.151. The Morgan fingerprint density at radius 1 is 0.829 bits per heavy atom. The maximum absolute atomic E-state index is 12.7. The smallest absolute Gasteiger partial charge is 0.335 e. The fraction of sp³-hybridized carbons (Fsp3) is 0.500. The third kappa shape index (κ3) is 7.51. The molecular formula is C30H43NO4. The van der Waals surface area contributed by atoms with Gasteiger partial charge in [-0.05, 0) is 105 Å². The molecule has 0 saturated carbocycles.